The number of H-pyrrole nitrogens is 1. The van der Waals surface area contributed by atoms with Gasteiger partial charge in [0.1, 0.15) is 17.3 Å². The summed E-state index contributed by atoms with van der Waals surface area (Å²) < 4.78 is 7.94. The molecule has 1 aliphatic rings. The fourth-order valence-electron chi connectivity index (χ4n) is 2.91. The second-order valence-corrected chi connectivity index (χ2v) is 6.24. The molecule has 3 heterocycles. The van der Waals surface area contributed by atoms with E-state index in [4.69, 9.17) is 16.6 Å². The molecule has 6 nitrogen and oxygen atoms in total. The number of carbonyl (C=O) groups is 1. The van der Waals surface area contributed by atoms with Crippen molar-refractivity contribution in [2.75, 3.05) is 13.1 Å². The van der Waals surface area contributed by atoms with Crippen LogP contribution in [0.1, 0.15) is 36.1 Å². The Balaban J connectivity index is 1.68. The topological polar surface area (TPSA) is 67.1 Å². The monoisotopic (exact) mass is 332 g/mol. The lowest BCUT2D eigenvalue weighted by atomic mass is 9.97. The Kier molecular flexibility index (Phi) is 4.47. The molecule has 1 unspecified atom stereocenters. The summed E-state index contributed by atoms with van der Waals surface area (Å²) in [6.07, 6.45) is 5.26. The van der Waals surface area contributed by atoms with Crippen LogP contribution in [-0.4, -0.2) is 38.7 Å². The number of likely N-dealkylation sites (tertiary alicyclic amines) is 1. The standard InChI is InChI=1S/C16H20N4O2S/c1-11-5-6-13(22-11)7-8-14(21)20-9-3-4-12(10-20)15-17-18-16(23)19(15)2/h5-8,12H,3-4,9-10H2,1-2H3,(H,18,23). The SMILES string of the molecule is Cc1ccc(C=CC(=O)N2CCCC(c3n[nH]c(=S)n3C)C2)o1. The number of nitrogens with zero attached hydrogens (tertiary/aromatic N) is 3. The summed E-state index contributed by atoms with van der Waals surface area (Å²) in [6.45, 7) is 3.31. The van der Waals surface area contributed by atoms with Gasteiger partial charge in [-0.15, -0.1) is 0 Å². The Morgan fingerprint density at radius 1 is 1.52 bits per heavy atom. The highest BCUT2D eigenvalue weighted by Crippen LogP contribution is 2.25. The van der Waals surface area contributed by atoms with Gasteiger partial charge in [-0.05, 0) is 50.2 Å². The van der Waals surface area contributed by atoms with Crippen LogP contribution in [-0.2, 0) is 11.8 Å². The minimum atomic E-state index is 0.000499. The molecular weight excluding hydrogens is 312 g/mol. The van der Waals surface area contributed by atoms with Crippen molar-refractivity contribution in [2.45, 2.75) is 25.7 Å². The van der Waals surface area contributed by atoms with Crippen molar-refractivity contribution in [3.05, 3.63) is 40.3 Å². The molecule has 0 bridgehead atoms. The molecule has 0 radical (unpaired) electrons. The number of aryl methyl sites for hydroxylation is 1. The largest absolute Gasteiger partial charge is 0.462 e. The number of rotatable bonds is 3. The van der Waals surface area contributed by atoms with Crippen LogP contribution in [0.5, 0.6) is 0 Å². The van der Waals surface area contributed by atoms with E-state index in [9.17, 15) is 4.79 Å². The van der Waals surface area contributed by atoms with Gasteiger partial charge in [0.05, 0.1) is 0 Å². The van der Waals surface area contributed by atoms with Crippen molar-refractivity contribution in [3.8, 4) is 0 Å². The van der Waals surface area contributed by atoms with Gasteiger partial charge in [-0.2, -0.15) is 5.10 Å². The summed E-state index contributed by atoms with van der Waals surface area (Å²) >= 11 is 5.16. The molecule has 23 heavy (non-hydrogen) atoms. The van der Waals surface area contributed by atoms with Crippen molar-refractivity contribution in [3.63, 3.8) is 0 Å². The zero-order valence-electron chi connectivity index (χ0n) is 13.3. The van der Waals surface area contributed by atoms with Crippen molar-refractivity contribution >= 4 is 24.2 Å². The normalized spacial score (nSPS) is 18.7. The Morgan fingerprint density at radius 2 is 2.35 bits per heavy atom. The maximum atomic E-state index is 12.4. The third-order valence-corrected chi connectivity index (χ3v) is 4.53. The van der Waals surface area contributed by atoms with Gasteiger partial charge in [-0.3, -0.25) is 9.89 Å². The lowest BCUT2D eigenvalue weighted by Crippen LogP contribution is -2.38. The molecule has 2 aromatic rings. The molecule has 0 aromatic carbocycles. The summed E-state index contributed by atoms with van der Waals surface area (Å²) in [6, 6.07) is 3.73. The zero-order valence-corrected chi connectivity index (χ0v) is 14.1. The molecular formula is C16H20N4O2S. The second-order valence-electron chi connectivity index (χ2n) is 5.85. The van der Waals surface area contributed by atoms with Crippen LogP contribution >= 0.6 is 12.2 Å². The predicted molar refractivity (Wildman–Crippen MR) is 89.4 cm³/mol. The van der Waals surface area contributed by atoms with Crippen molar-refractivity contribution in [2.24, 2.45) is 7.05 Å². The molecule has 0 aliphatic carbocycles. The summed E-state index contributed by atoms with van der Waals surface area (Å²) in [4.78, 5) is 14.2. The van der Waals surface area contributed by atoms with Gasteiger partial charge in [-0.25, -0.2) is 0 Å². The van der Waals surface area contributed by atoms with Crippen LogP contribution < -0.4 is 0 Å². The fourth-order valence-corrected chi connectivity index (χ4v) is 3.05. The highest BCUT2D eigenvalue weighted by Gasteiger charge is 2.26. The average Bonchev–Trinajstić information content (AvgIpc) is 3.12. The highest BCUT2D eigenvalue weighted by molar-refractivity contribution is 7.71. The van der Waals surface area contributed by atoms with E-state index >= 15 is 0 Å². The molecule has 122 valence electrons. The van der Waals surface area contributed by atoms with Gasteiger partial charge >= 0.3 is 0 Å². The van der Waals surface area contributed by atoms with E-state index in [1.54, 1.807) is 12.2 Å². The van der Waals surface area contributed by atoms with E-state index in [1.165, 1.54) is 0 Å². The molecule has 1 aliphatic heterocycles. The van der Waals surface area contributed by atoms with Gasteiger partial charge in [0.25, 0.3) is 0 Å². The van der Waals surface area contributed by atoms with Crippen molar-refractivity contribution in [1.29, 1.82) is 0 Å². The molecule has 7 heteroatoms. The van der Waals surface area contributed by atoms with Crippen LogP contribution in [0.4, 0.5) is 0 Å². The number of piperidine rings is 1. The fraction of sp³-hybridized carbons (Fsp3) is 0.438. The van der Waals surface area contributed by atoms with E-state index in [1.807, 2.05) is 35.6 Å². The average molecular weight is 332 g/mol. The zero-order chi connectivity index (χ0) is 16.4. The van der Waals surface area contributed by atoms with Crippen molar-refractivity contribution in [1.82, 2.24) is 19.7 Å². The van der Waals surface area contributed by atoms with Gasteiger partial charge in [0, 0.05) is 32.1 Å². The number of aromatic nitrogens is 3. The number of carbonyl (C=O) groups excluding carboxylic acids is 1. The van der Waals surface area contributed by atoms with Gasteiger partial charge in [-0.1, -0.05) is 0 Å². The maximum Gasteiger partial charge on any atom is 0.246 e. The van der Waals surface area contributed by atoms with E-state index < -0.39 is 0 Å². The third-order valence-electron chi connectivity index (χ3n) is 4.16. The van der Waals surface area contributed by atoms with Crippen LogP contribution in [0.2, 0.25) is 0 Å². The number of amides is 1. The van der Waals surface area contributed by atoms with Crippen LogP contribution in [0.15, 0.2) is 22.6 Å². The number of aromatic amines is 1. The minimum absolute atomic E-state index is 0.000499. The summed E-state index contributed by atoms with van der Waals surface area (Å²) in [5.41, 5.74) is 0. The Hall–Kier alpha value is -2.15. The van der Waals surface area contributed by atoms with E-state index in [0.717, 1.165) is 31.0 Å². The number of furan rings is 1. The Labute approximate surface area is 139 Å². The van der Waals surface area contributed by atoms with Gasteiger partial charge in [0.2, 0.25) is 5.91 Å². The highest BCUT2D eigenvalue weighted by atomic mass is 32.1. The first-order chi connectivity index (χ1) is 11.0. The quantitative estimate of drug-likeness (QED) is 0.693. The predicted octanol–water partition coefficient (Wildman–Crippen LogP) is 2.80. The smallest absolute Gasteiger partial charge is 0.246 e. The first-order valence-electron chi connectivity index (χ1n) is 7.69. The van der Waals surface area contributed by atoms with E-state index in [2.05, 4.69) is 10.2 Å². The number of hydrogen-bond donors (Lipinski definition) is 1. The molecule has 1 N–H and O–H groups in total. The lowest BCUT2D eigenvalue weighted by molar-refractivity contribution is -0.127. The van der Waals surface area contributed by atoms with E-state index in [0.29, 0.717) is 17.1 Å². The Bertz CT molecular complexity index is 786. The van der Waals surface area contributed by atoms with E-state index in [-0.39, 0.29) is 11.8 Å². The number of hydrogen-bond acceptors (Lipinski definition) is 4. The molecule has 3 rings (SSSR count). The molecule has 1 amide bonds. The second kappa shape index (κ2) is 6.54. The molecule has 2 aromatic heterocycles. The first-order valence-corrected chi connectivity index (χ1v) is 8.10. The maximum absolute atomic E-state index is 12.4. The molecule has 1 atom stereocenters. The summed E-state index contributed by atoms with van der Waals surface area (Å²) in [5.74, 6) is 2.66. The lowest BCUT2D eigenvalue weighted by Gasteiger charge is -2.31. The van der Waals surface area contributed by atoms with Crippen LogP contribution in [0.3, 0.4) is 0 Å². The van der Waals surface area contributed by atoms with Gasteiger partial charge in [0.15, 0.2) is 4.77 Å². The summed E-state index contributed by atoms with van der Waals surface area (Å²) in [5, 5.41) is 7.12. The van der Waals surface area contributed by atoms with Crippen molar-refractivity contribution < 1.29 is 9.21 Å². The summed E-state index contributed by atoms with van der Waals surface area (Å²) in [7, 11) is 1.90. The molecule has 1 saturated heterocycles. The first kappa shape index (κ1) is 15.7. The molecule has 0 spiro atoms. The third kappa shape index (κ3) is 3.44. The number of nitrogens with one attached hydrogen (secondary N) is 1. The minimum Gasteiger partial charge on any atom is -0.462 e. The Morgan fingerprint density at radius 3 is 3.00 bits per heavy atom. The molecule has 0 saturated carbocycles. The van der Waals surface area contributed by atoms with Gasteiger partial charge < -0.3 is 13.9 Å². The van der Waals surface area contributed by atoms with Crippen LogP contribution in [0, 0.1) is 11.7 Å². The van der Waals surface area contributed by atoms with Crippen LogP contribution in [0.25, 0.3) is 6.08 Å². The molecule has 1 fully saturated rings.